The first-order valence-corrected chi connectivity index (χ1v) is 11.6. The summed E-state index contributed by atoms with van der Waals surface area (Å²) in [6, 6.07) is 15.4. The lowest BCUT2D eigenvalue weighted by molar-refractivity contribution is -0.136. The Morgan fingerprint density at radius 1 is 0.971 bits per heavy atom. The average molecular weight is 581 g/mol. The molecular weight excluding hydrogens is 561 g/mol. The third kappa shape index (κ3) is 7.35. The fourth-order valence-electron chi connectivity index (χ4n) is 2.91. The molecule has 0 aromatic heterocycles. The molecular formula is C24H20BrCl2N3O5. The first-order chi connectivity index (χ1) is 16.8. The van der Waals surface area contributed by atoms with E-state index in [0.29, 0.717) is 37.3 Å². The smallest absolute Gasteiger partial charge is 0.329 e. The maximum absolute atomic E-state index is 12.2. The number of halogens is 3. The second-order valence-corrected chi connectivity index (χ2v) is 8.68. The van der Waals surface area contributed by atoms with Crippen molar-refractivity contribution in [3.05, 3.63) is 80.2 Å². The van der Waals surface area contributed by atoms with Gasteiger partial charge in [0.1, 0.15) is 12.4 Å². The van der Waals surface area contributed by atoms with Gasteiger partial charge in [-0.25, -0.2) is 5.43 Å². The Labute approximate surface area is 220 Å². The molecule has 0 aliphatic rings. The third-order valence-electron chi connectivity index (χ3n) is 4.52. The Kier molecular flexibility index (Phi) is 9.36. The molecule has 0 bridgehead atoms. The predicted octanol–water partition coefficient (Wildman–Crippen LogP) is 5.44. The number of hydrogen-bond donors (Lipinski definition) is 2. The summed E-state index contributed by atoms with van der Waals surface area (Å²) in [6.07, 6.45) is 1.36. The van der Waals surface area contributed by atoms with Gasteiger partial charge in [0.05, 0.1) is 30.6 Å². The zero-order valence-corrected chi connectivity index (χ0v) is 21.7. The van der Waals surface area contributed by atoms with Crippen molar-refractivity contribution in [2.45, 2.75) is 6.61 Å². The highest BCUT2D eigenvalue weighted by atomic mass is 79.9. The normalized spacial score (nSPS) is 10.7. The molecule has 0 aliphatic carbocycles. The van der Waals surface area contributed by atoms with Gasteiger partial charge in [0.25, 0.3) is 0 Å². The summed E-state index contributed by atoms with van der Waals surface area (Å²) >= 11 is 15.4. The summed E-state index contributed by atoms with van der Waals surface area (Å²) in [5.41, 5.74) is 3.91. The van der Waals surface area contributed by atoms with Crippen LogP contribution >= 0.6 is 39.1 Å². The van der Waals surface area contributed by atoms with Gasteiger partial charge in [-0.05, 0) is 69.5 Å². The van der Waals surface area contributed by atoms with Crippen LogP contribution in [-0.2, 0) is 16.2 Å². The lowest BCUT2D eigenvalue weighted by Gasteiger charge is -2.13. The van der Waals surface area contributed by atoms with Crippen LogP contribution in [0.15, 0.2) is 64.2 Å². The van der Waals surface area contributed by atoms with E-state index in [1.165, 1.54) is 26.5 Å². The van der Waals surface area contributed by atoms with Gasteiger partial charge in [-0.3, -0.25) is 9.59 Å². The maximum atomic E-state index is 12.2. The molecule has 11 heteroatoms. The number of hydrazone groups is 1. The second-order valence-electron chi connectivity index (χ2n) is 6.95. The van der Waals surface area contributed by atoms with Crippen molar-refractivity contribution >= 4 is 62.8 Å². The van der Waals surface area contributed by atoms with Crippen LogP contribution in [0.25, 0.3) is 0 Å². The summed E-state index contributed by atoms with van der Waals surface area (Å²) in [7, 11) is 2.94. The van der Waals surface area contributed by atoms with Crippen LogP contribution in [0.4, 0.5) is 5.69 Å². The molecule has 3 aromatic carbocycles. The van der Waals surface area contributed by atoms with Crippen molar-refractivity contribution in [2.24, 2.45) is 5.10 Å². The molecule has 8 nitrogen and oxygen atoms in total. The number of nitrogens with one attached hydrogen (secondary N) is 2. The molecule has 2 N–H and O–H groups in total. The highest BCUT2D eigenvalue weighted by Crippen LogP contribution is 2.37. The van der Waals surface area contributed by atoms with Gasteiger partial charge in [0.2, 0.25) is 0 Å². The second kappa shape index (κ2) is 12.4. The van der Waals surface area contributed by atoms with Crippen molar-refractivity contribution in [1.29, 1.82) is 0 Å². The van der Waals surface area contributed by atoms with E-state index in [1.807, 2.05) is 18.2 Å². The topological polar surface area (TPSA) is 98.2 Å². The number of hydrogen-bond acceptors (Lipinski definition) is 6. The number of ether oxygens (including phenoxy) is 3. The Morgan fingerprint density at radius 3 is 2.43 bits per heavy atom. The van der Waals surface area contributed by atoms with E-state index in [-0.39, 0.29) is 12.3 Å². The molecule has 0 atom stereocenters. The van der Waals surface area contributed by atoms with Gasteiger partial charge in [0.15, 0.2) is 11.5 Å². The summed E-state index contributed by atoms with van der Waals surface area (Å²) < 4.78 is 17.1. The number of anilines is 1. The molecule has 3 rings (SSSR count). The van der Waals surface area contributed by atoms with Gasteiger partial charge in [-0.15, -0.1) is 0 Å². The van der Waals surface area contributed by atoms with Crippen LogP contribution < -0.4 is 25.0 Å². The summed E-state index contributed by atoms with van der Waals surface area (Å²) in [5.74, 6) is -0.626. The van der Waals surface area contributed by atoms with E-state index >= 15 is 0 Å². The third-order valence-corrected chi connectivity index (χ3v) is 5.58. The fraction of sp³-hybridized carbons (Fsp3) is 0.125. The number of methoxy groups -OCH3 is 2. The van der Waals surface area contributed by atoms with Crippen molar-refractivity contribution in [1.82, 2.24) is 5.43 Å². The number of nitrogens with zero attached hydrogens (tertiary/aromatic N) is 1. The Bertz CT molecular complexity index is 1270. The molecule has 2 amide bonds. The van der Waals surface area contributed by atoms with E-state index in [2.05, 4.69) is 31.8 Å². The van der Waals surface area contributed by atoms with Gasteiger partial charge in [-0.2, -0.15) is 5.10 Å². The molecule has 0 spiro atoms. The van der Waals surface area contributed by atoms with E-state index < -0.39 is 11.8 Å². The molecule has 0 fully saturated rings. The van der Waals surface area contributed by atoms with E-state index in [4.69, 9.17) is 37.4 Å². The Balaban J connectivity index is 1.64. The van der Waals surface area contributed by atoms with E-state index in [9.17, 15) is 9.59 Å². The molecule has 3 aromatic rings. The fourth-order valence-corrected chi connectivity index (χ4v) is 3.87. The number of carbonyl (C=O) groups excluding carboxylic acids is 2. The molecule has 0 saturated carbocycles. The minimum absolute atomic E-state index is 0.256. The Hall–Kier alpha value is -3.27. The lowest BCUT2D eigenvalue weighted by atomic mass is 10.2. The minimum Gasteiger partial charge on any atom is -0.495 e. The van der Waals surface area contributed by atoms with Gasteiger partial charge in [-0.1, -0.05) is 35.3 Å². The molecule has 35 heavy (non-hydrogen) atoms. The monoisotopic (exact) mass is 579 g/mol. The molecule has 0 unspecified atom stereocenters. The molecule has 0 saturated heterocycles. The number of rotatable bonds is 8. The average Bonchev–Trinajstić information content (AvgIpc) is 2.83. The first-order valence-electron chi connectivity index (χ1n) is 10.0. The van der Waals surface area contributed by atoms with Gasteiger partial charge < -0.3 is 19.5 Å². The van der Waals surface area contributed by atoms with Crippen LogP contribution in [0.5, 0.6) is 17.2 Å². The summed E-state index contributed by atoms with van der Waals surface area (Å²) in [6.45, 7) is 0.283. The molecule has 0 aliphatic heterocycles. The molecule has 0 heterocycles. The maximum Gasteiger partial charge on any atom is 0.329 e. The van der Waals surface area contributed by atoms with Crippen molar-refractivity contribution in [3.8, 4) is 17.2 Å². The van der Waals surface area contributed by atoms with E-state index in [0.717, 1.165) is 5.56 Å². The zero-order chi connectivity index (χ0) is 25.4. The van der Waals surface area contributed by atoms with E-state index in [1.54, 1.807) is 30.3 Å². The van der Waals surface area contributed by atoms with Crippen molar-refractivity contribution < 1.29 is 23.8 Å². The van der Waals surface area contributed by atoms with Gasteiger partial charge >= 0.3 is 11.8 Å². The number of benzene rings is 3. The SMILES string of the molecule is COc1ccc(Cl)cc1NC(=O)C(=O)NN=Cc1cc(Br)c(OCc2cccc(Cl)c2)c(OC)c1. The van der Waals surface area contributed by atoms with Crippen LogP contribution in [0.1, 0.15) is 11.1 Å². The molecule has 0 radical (unpaired) electrons. The van der Waals surface area contributed by atoms with Gasteiger partial charge in [0, 0.05) is 10.0 Å². The highest BCUT2D eigenvalue weighted by Gasteiger charge is 2.16. The lowest BCUT2D eigenvalue weighted by Crippen LogP contribution is -2.32. The highest BCUT2D eigenvalue weighted by molar-refractivity contribution is 9.10. The first kappa shape index (κ1) is 26.3. The zero-order valence-electron chi connectivity index (χ0n) is 18.6. The summed E-state index contributed by atoms with van der Waals surface area (Å²) in [5, 5.41) is 7.26. The van der Waals surface area contributed by atoms with Crippen LogP contribution in [-0.4, -0.2) is 32.2 Å². The van der Waals surface area contributed by atoms with Crippen molar-refractivity contribution in [3.63, 3.8) is 0 Å². The number of carbonyl (C=O) groups is 2. The largest absolute Gasteiger partial charge is 0.495 e. The number of amides is 2. The van der Waals surface area contributed by atoms with Crippen LogP contribution in [0.3, 0.4) is 0 Å². The summed E-state index contributed by atoms with van der Waals surface area (Å²) in [4.78, 5) is 24.3. The molecule has 182 valence electrons. The Morgan fingerprint density at radius 2 is 1.71 bits per heavy atom. The standard InChI is InChI=1S/C24H20BrCl2N3O5/c1-33-20-7-6-17(27)11-19(20)29-23(31)24(32)30-28-12-15-9-18(25)22(21(10-15)34-2)35-13-14-4-3-5-16(26)8-14/h3-12H,13H2,1-2H3,(H,29,31)(H,30,32). The van der Waals surface area contributed by atoms with Crippen molar-refractivity contribution in [2.75, 3.05) is 19.5 Å². The van der Waals surface area contributed by atoms with Crippen LogP contribution in [0.2, 0.25) is 10.0 Å². The minimum atomic E-state index is -0.976. The quantitative estimate of drug-likeness (QED) is 0.210. The predicted molar refractivity (Wildman–Crippen MR) is 139 cm³/mol. The van der Waals surface area contributed by atoms with Crippen LogP contribution in [0, 0.1) is 0 Å².